The van der Waals surface area contributed by atoms with Gasteiger partial charge in [0.15, 0.2) is 0 Å². The van der Waals surface area contributed by atoms with E-state index in [-0.39, 0.29) is 29.2 Å². The van der Waals surface area contributed by atoms with E-state index in [1.165, 1.54) is 19.1 Å². The Morgan fingerprint density at radius 3 is 2.62 bits per heavy atom. The first-order valence-electron chi connectivity index (χ1n) is 9.99. The Labute approximate surface area is 167 Å². The van der Waals surface area contributed by atoms with Gasteiger partial charge in [-0.25, -0.2) is 4.79 Å². The summed E-state index contributed by atoms with van der Waals surface area (Å²) < 4.78 is 44.7. The molecule has 1 aromatic carbocycles. The van der Waals surface area contributed by atoms with Gasteiger partial charge in [-0.2, -0.15) is 13.2 Å². The third-order valence-corrected chi connectivity index (χ3v) is 6.68. The highest BCUT2D eigenvalue weighted by Gasteiger charge is 2.53. The molecule has 1 saturated carbocycles. The molecule has 2 amide bonds. The zero-order valence-corrected chi connectivity index (χ0v) is 16.5. The molecule has 2 atom stereocenters. The van der Waals surface area contributed by atoms with E-state index < -0.39 is 23.4 Å². The van der Waals surface area contributed by atoms with Crippen molar-refractivity contribution in [2.24, 2.45) is 11.8 Å². The smallest absolute Gasteiger partial charge is 0.416 e. The Hall–Kier alpha value is -2.25. The lowest BCUT2D eigenvalue weighted by Crippen LogP contribution is -2.59. The standard InChI is InChI=1S/C21H25F3N2O3/c1-12-3-4-14(7-17(12)21(22,23)24)16-5-6-26(10-13(16)2)18(27)15-8-20(9-15)11-29-19(28)25-20/h3-4,7,13,15-16H,5-6,8-11H2,1-2H3,(H,25,28)/t13-,15?,16+,20?/m0/s1. The summed E-state index contributed by atoms with van der Waals surface area (Å²) in [6.07, 6.45) is -2.98. The number of nitrogens with zero attached hydrogens (tertiary/aromatic N) is 1. The lowest BCUT2D eigenvalue weighted by Gasteiger charge is -2.46. The predicted octanol–water partition coefficient (Wildman–Crippen LogP) is 3.85. The van der Waals surface area contributed by atoms with Gasteiger partial charge in [0, 0.05) is 19.0 Å². The first-order chi connectivity index (χ1) is 13.6. The number of carbonyl (C=O) groups excluding carboxylic acids is 2. The number of cyclic esters (lactones) is 1. The minimum absolute atomic E-state index is 0.00370. The van der Waals surface area contributed by atoms with Crippen molar-refractivity contribution in [3.63, 3.8) is 0 Å². The van der Waals surface area contributed by atoms with Crippen LogP contribution in [0.1, 0.15) is 48.8 Å². The fraction of sp³-hybridized carbons (Fsp3) is 0.619. The number of rotatable bonds is 2. The molecular weight excluding hydrogens is 385 g/mol. The van der Waals surface area contributed by atoms with Crippen LogP contribution in [0.25, 0.3) is 0 Å². The van der Waals surface area contributed by atoms with Crippen LogP contribution in [-0.2, 0) is 15.7 Å². The average Bonchev–Trinajstić information content (AvgIpc) is 3.02. The minimum Gasteiger partial charge on any atom is -0.447 e. The van der Waals surface area contributed by atoms with E-state index in [1.54, 1.807) is 6.07 Å². The number of hydrogen-bond acceptors (Lipinski definition) is 3. The van der Waals surface area contributed by atoms with Gasteiger partial charge in [-0.1, -0.05) is 19.1 Å². The lowest BCUT2D eigenvalue weighted by molar-refractivity contribution is -0.143. The Morgan fingerprint density at radius 2 is 2.03 bits per heavy atom. The second-order valence-corrected chi connectivity index (χ2v) is 8.82. The van der Waals surface area contributed by atoms with Crippen molar-refractivity contribution >= 4 is 12.0 Å². The van der Waals surface area contributed by atoms with Gasteiger partial charge >= 0.3 is 12.3 Å². The van der Waals surface area contributed by atoms with Crippen molar-refractivity contribution in [2.75, 3.05) is 19.7 Å². The Balaban J connectivity index is 1.39. The number of piperidine rings is 1. The fourth-order valence-corrected chi connectivity index (χ4v) is 5.05. The molecule has 0 aromatic heterocycles. The second-order valence-electron chi connectivity index (χ2n) is 8.82. The maximum Gasteiger partial charge on any atom is 0.416 e. The molecule has 8 heteroatoms. The number of hydrogen-bond donors (Lipinski definition) is 1. The molecule has 1 aromatic rings. The van der Waals surface area contributed by atoms with Gasteiger partial charge in [0.1, 0.15) is 6.61 Å². The van der Waals surface area contributed by atoms with E-state index in [2.05, 4.69) is 5.32 Å². The largest absolute Gasteiger partial charge is 0.447 e. The molecule has 2 aliphatic heterocycles. The molecule has 3 fully saturated rings. The summed E-state index contributed by atoms with van der Waals surface area (Å²) in [6, 6.07) is 4.59. The van der Waals surface area contributed by atoms with E-state index >= 15 is 0 Å². The summed E-state index contributed by atoms with van der Waals surface area (Å²) in [5, 5.41) is 2.79. The van der Waals surface area contributed by atoms with Crippen LogP contribution in [0.3, 0.4) is 0 Å². The van der Waals surface area contributed by atoms with Crippen LogP contribution in [-0.4, -0.2) is 42.1 Å². The van der Waals surface area contributed by atoms with Gasteiger partial charge in [-0.3, -0.25) is 4.79 Å². The van der Waals surface area contributed by atoms with Gasteiger partial charge in [0.05, 0.1) is 11.1 Å². The predicted molar refractivity (Wildman–Crippen MR) is 99.2 cm³/mol. The first-order valence-corrected chi connectivity index (χ1v) is 9.99. The van der Waals surface area contributed by atoms with Crippen molar-refractivity contribution in [1.29, 1.82) is 0 Å². The number of nitrogens with one attached hydrogen (secondary N) is 1. The van der Waals surface area contributed by atoms with Gasteiger partial charge in [-0.15, -0.1) is 0 Å². The highest BCUT2D eigenvalue weighted by atomic mass is 19.4. The highest BCUT2D eigenvalue weighted by molar-refractivity contribution is 5.81. The van der Waals surface area contributed by atoms with E-state index in [0.717, 1.165) is 0 Å². The summed E-state index contributed by atoms with van der Waals surface area (Å²) in [5.74, 6) is 0.00923. The third-order valence-electron chi connectivity index (χ3n) is 6.68. The number of amides is 2. The molecule has 1 spiro atoms. The highest BCUT2D eigenvalue weighted by Crippen LogP contribution is 2.43. The molecule has 1 N–H and O–H groups in total. The molecule has 2 saturated heterocycles. The summed E-state index contributed by atoms with van der Waals surface area (Å²) in [7, 11) is 0. The van der Waals surface area contributed by atoms with Crippen LogP contribution in [0.5, 0.6) is 0 Å². The molecule has 4 rings (SSSR count). The van der Waals surface area contributed by atoms with Gasteiger partial charge < -0.3 is 15.0 Å². The van der Waals surface area contributed by atoms with Crippen LogP contribution < -0.4 is 5.32 Å². The van der Waals surface area contributed by atoms with Crippen LogP contribution >= 0.6 is 0 Å². The average molecular weight is 410 g/mol. The maximum absolute atomic E-state index is 13.3. The number of aryl methyl sites for hydroxylation is 1. The van der Waals surface area contributed by atoms with E-state index in [4.69, 9.17) is 4.74 Å². The molecule has 0 bridgehead atoms. The quantitative estimate of drug-likeness (QED) is 0.806. The minimum atomic E-state index is -4.36. The Bertz CT molecular complexity index is 833. The van der Waals surface area contributed by atoms with E-state index in [0.29, 0.717) is 44.5 Å². The van der Waals surface area contributed by atoms with Crippen molar-refractivity contribution in [3.05, 3.63) is 34.9 Å². The van der Waals surface area contributed by atoms with Crippen LogP contribution in [0.2, 0.25) is 0 Å². The Morgan fingerprint density at radius 1 is 1.31 bits per heavy atom. The van der Waals surface area contributed by atoms with Crippen molar-refractivity contribution in [3.8, 4) is 0 Å². The monoisotopic (exact) mass is 410 g/mol. The van der Waals surface area contributed by atoms with Crippen LogP contribution in [0.4, 0.5) is 18.0 Å². The number of alkyl halides is 3. The second kappa shape index (κ2) is 6.92. The number of ether oxygens (including phenoxy) is 1. The molecule has 29 heavy (non-hydrogen) atoms. The zero-order valence-electron chi connectivity index (χ0n) is 16.5. The maximum atomic E-state index is 13.3. The number of carbonyl (C=O) groups is 2. The topological polar surface area (TPSA) is 58.6 Å². The van der Waals surface area contributed by atoms with Crippen molar-refractivity contribution < 1.29 is 27.5 Å². The molecule has 1 aliphatic carbocycles. The number of likely N-dealkylation sites (tertiary alicyclic amines) is 1. The fourth-order valence-electron chi connectivity index (χ4n) is 5.05. The van der Waals surface area contributed by atoms with Crippen LogP contribution in [0.15, 0.2) is 18.2 Å². The van der Waals surface area contributed by atoms with Gasteiger partial charge in [0.25, 0.3) is 0 Å². The molecule has 158 valence electrons. The van der Waals surface area contributed by atoms with Gasteiger partial charge in [0.2, 0.25) is 5.91 Å². The summed E-state index contributed by atoms with van der Waals surface area (Å²) >= 11 is 0. The Kier molecular flexibility index (Phi) is 4.78. The SMILES string of the molecule is Cc1ccc([C@@H]2CCN(C(=O)C3CC4(COC(=O)N4)C3)C[C@@H]2C)cc1C(F)(F)F. The third kappa shape index (κ3) is 3.69. The summed E-state index contributed by atoms with van der Waals surface area (Å²) in [5.41, 5.74) is -0.0577. The molecule has 0 unspecified atom stereocenters. The first kappa shape index (κ1) is 20.0. The zero-order chi connectivity index (χ0) is 21.0. The molecular formula is C21H25F3N2O3. The molecule has 2 heterocycles. The van der Waals surface area contributed by atoms with Gasteiger partial charge in [-0.05, 0) is 55.2 Å². The number of alkyl carbamates (subject to hydrolysis) is 1. The van der Waals surface area contributed by atoms with Crippen molar-refractivity contribution in [1.82, 2.24) is 10.2 Å². The number of halogens is 3. The molecule has 5 nitrogen and oxygen atoms in total. The van der Waals surface area contributed by atoms with E-state index in [9.17, 15) is 22.8 Å². The summed E-state index contributed by atoms with van der Waals surface area (Å²) in [4.78, 5) is 25.9. The molecule has 3 aliphatic rings. The number of benzene rings is 1. The molecule has 0 radical (unpaired) electrons. The summed E-state index contributed by atoms with van der Waals surface area (Å²) in [6.45, 7) is 4.84. The van der Waals surface area contributed by atoms with E-state index in [1.807, 2.05) is 11.8 Å². The van der Waals surface area contributed by atoms with Crippen molar-refractivity contribution in [2.45, 2.75) is 50.7 Å². The normalized spacial score (nSPS) is 32.0. The van der Waals surface area contributed by atoms with Crippen LogP contribution in [0, 0.1) is 18.8 Å². The lowest BCUT2D eigenvalue weighted by atomic mass is 9.68.